The Morgan fingerprint density at radius 1 is 1.08 bits per heavy atom. The number of nitrogens with zero attached hydrogens (tertiary/aromatic N) is 2. The number of hydrogen-bond donors (Lipinski definition) is 0. The van der Waals surface area contributed by atoms with Crippen LogP contribution in [-0.4, -0.2) is 9.55 Å². The van der Waals surface area contributed by atoms with Gasteiger partial charge in [0.15, 0.2) is 0 Å². The standard InChI is InChI=1S/C11H20N2/c1-7(2)11-12-9(5)10(6)13(11)8(3)4/h7-8H,1-6H3. The number of rotatable bonds is 2. The summed E-state index contributed by atoms with van der Waals surface area (Å²) in [6.45, 7) is 13.0. The first-order chi connectivity index (χ1) is 5.95. The lowest BCUT2D eigenvalue weighted by atomic mass is 10.2. The van der Waals surface area contributed by atoms with Crippen molar-refractivity contribution in [2.75, 3.05) is 0 Å². The van der Waals surface area contributed by atoms with Crippen molar-refractivity contribution in [2.45, 2.75) is 53.5 Å². The van der Waals surface area contributed by atoms with E-state index in [0.29, 0.717) is 12.0 Å². The molecule has 0 aromatic carbocycles. The topological polar surface area (TPSA) is 17.8 Å². The van der Waals surface area contributed by atoms with E-state index in [0.717, 1.165) is 5.69 Å². The van der Waals surface area contributed by atoms with Gasteiger partial charge in [-0.1, -0.05) is 13.8 Å². The zero-order chi connectivity index (χ0) is 10.2. The highest BCUT2D eigenvalue weighted by Gasteiger charge is 2.15. The van der Waals surface area contributed by atoms with Crippen LogP contribution in [0.15, 0.2) is 0 Å². The van der Waals surface area contributed by atoms with Gasteiger partial charge < -0.3 is 4.57 Å². The van der Waals surface area contributed by atoms with Crippen molar-refractivity contribution in [1.29, 1.82) is 0 Å². The second-order valence-electron chi connectivity index (χ2n) is 4.26. The van der Waals surface area contributed by atoms with E-state index < -0.39 is 0 Å². The van der Waals surface area contributed by atoms with E-state index in [1.54, 1.807) is 0 Å². The van der Waals surface area contributed by atoms with Crippen LogP contribution in [0.4, 0.5) is 0 Å². The highest BCUT2D eigenvalue weighted by Crippen LogP contribution is 2.22. The molecule has 0 bridgehead atoms. The van der Waals surface area contributed by atoms with Gasteiger partial charge in [-0.3, -0.25) is 0 Å². The number of aryl methyl sites for hydroxylation is 1. The van der Waals surface area contributed by atoms with Gasteiger partial charge in [0.1, 0.15) is 5.82 Å². The molecule has 0 spiro atoms. The molecule has 0 saturated carbocycles. The van der Waals surface area contributed by atoms with Gasteiger partial charge in [-0.2, -0.15) is 0 Å². The van der Waals surface area contributed by atoms with E-state index in [9.17, 15) is 0 Å². The zero-order valence-corrected chi connectivity index (χ0v) is 9.55. The largest absolute Gasteiger partial charge is 0.329 e. The molecule has 74 valence electrons. The third-order valence-electron chi connectivity index (χ3n) is 2.45. The maximum atomic E-state index is 4.59. The summed E-state index contributed by atoms with van der Waals surface area (Å²) in [5.74, 6) is 1.72. The van der Waals surface area contributed by atoms with Crippen molar-refractivity contribution in [2.24, 2.45) is 0 Å². The highest BCUT2D eigenvalue weighted by atomic mass is 15.1. The van der Waals surface area contributed by atoms with Crippen LogP contribution in [0, 0.1) is 13.8 Å². The molecule has 0 radical (unpaired) electrons. The lowest BCUT2D eigenvalue weighted by Crippen LogP contribution is -2.09. The molecule has 0 atom stereocenters. The Hall–Kier alpha value is -0.790. The van der Waals surface area contributed by atoms with Crippen molar-refractivity contribution < 1.29 is 0 Å². The van der Waals surface area contributed by atoms with Gasteiger partial charge in [0.25, 0.3) is 0 Å². The van der Waals surface area contributed by atoms with Gasteiger partial charge in [-0.15, -0.1) is 0 Å². The fourth-order valence-electron chi connectivity index (χ4n) is 1.71. The summed E-state index contributed by atoms with van der Waals surface area (Å²) in [5.41, 5.74) is 2.47. The van der Waals surface area contributed by atoms with E-state index in [1.165, 1.54) is 11.5 Å². The summed E-state index contributed by atoms with van der Waals surface area (Å²) in [4.78, 5) is 4.59. The summed E-state index contributed by atoms with van der Waals surface area (Å²) in [7, 11) is 0. The summed E-state index contributed by atoms with van der Waals surface area (Å²) in [5, 5.41) is 0. The Balaban J connectivity index is 3.27. The van der Waals surface area contributed by atoms with Gasteiger partial charge in [-0.25, -0.2) is 4.98 Å². The van der Waals surface area contributed by atoms with Crippen molar-refractivity contribution >= 4 is 0 Å². The van der Waals surface area contributed by atoms with E-state index in [-0.39, 0.29) is 0 Å². The number of hydrogen-bond acceptors (Lipinski definition) is 1. The normalized spacial score (nSPS) is 11.7. The first kappa shape index (κ1) is 10.3. The summed E-state index contributed by atoms with van der Waals surface area (Å²) < 4.78 is 2.33. The van der Waals surface area contributed by atoms with Crippen molar-refractivity contribution in [1.82, 2.24) is 9.55 Å². The smallest absolute Gasteiger partial charge is 0.111 e. The molecule has 1 aromatic rings. The van der Waals surface area contributed by atoms with Crippen LogP contribution < -0.4 is 0 Å². The number of aromatic nitrogens is 2. The summed E-state index contributed by atoms with van der Waals surface area (Å²) in [6.07, 6.45) is 0. The fraction of sp³-hybridized carbons (Fsp3) is 0.727. The van der Waals surface area contributed by atoms with Crippen LogP contribution in [-0.2, 0) is 0 Å². The fourth-order valence-corrected chi connectivity index (χ4v) is 1.71. The molecule has 1 rings (SSSR count). The van der Waals surface area contributed by atoms with E-state index in [1.807, 2.05) is 0 Å². The molecule has 0 amide bonds. The van der Waals surface area contributed by atoms with Crippen LogP contribution in [0.1, 0.15) is 56.9 Å². The molecular formula is C11H20N2. The van der Waals surface area contributed by atoms with Crippen LogP contribution in [0.5, 0.6) is 0 Å². The van der Waals surface area contributed by atoms with Gasteiger partial charge in [0, 0.05) is 17.7 Å². The molecule has 1 aromatic heterocycles. The quantitative estimate of drug-likeness (QED) is 0.683. The molecular weight excluding hydrogens is 160 g/mol. The molecule has 0 aliphatic heterocycles. The molecule has 0 unspecified atom stereocenters. The van der Waals surface area contributed by atoms with E-state index in [4.69, 9.17) is 0 Å². The van der Waals surface area contributed by atoms with E-state index >= 15 is 0 Å². The predicted molar refractivity (Wildman–Crippen MR) is 56.2 cm³/mol. The third kappa shape index (κ3) is 1.77. The second kappa shape index (κ2) is 3.52. The molecule has 0 fully saturated rings. The molecule has 0 aliphatic rings. The Morgan fingerprint density at radius 3 is 1.92 bits per heavy atom. The molecule has 2 nitrogen and oxygen atoms in total. The van der Waals surface area contributed by atoms with Crippen LogP contribution in [0.25, 0.3) is 0 Å². The lowest BCUT2D eigenvalue weighted by Gasteiger charge is -2.15. The Labute approximate surface area is 81.0 Å². The Bertz CT molecular complexity index is 295. The molecule has 0 saturated heterocycles. The lowest BCUT2D eigenvalue weighted by molar-refractivity contribution is 0.538. The minimum absolute atomic E-state index is 0.509. The van der Waals surface area contributed by atoms with E-state index in [2.05, 4.69) is 51.1 Å². The van der Waals surface area contributed by atoms with Gasteiger partial charge in [-0.05, 0) is 27.7 Å². The minimum Gasteiger partial charge on any atom is -0.329 e. The molecule has 2 heteroatoms. The van der Waals surface area contributed by atoms with Crippen LogP contribution in [0.2, 0.25) is 0 Å². The van der Waals surface area contributed by atoms with Crippen molar-refractivity contribution in [3.63, 3.8) is 0 Å². The average Bonchev–Trinajstić information content (AvgIpc) is 2.28. The monoisotopic (exact) mass is 180 g/mol. The van der Waals surface area contributed by atoms with Gasteiger partial charge in [0.2, 0.25) is 0 Å². The SMILES string of the molecule is Cc1nc(C(C)C)n(C(C)C)c1C. The average molecular weight is 180 g/mol. The molecule has 1 heterocycles. The van der Waals surface area contributed by atoms with Gasteiger partial charge in [0.05, 0.1) is 5.69 Å². The maximum absolute atomic E-state index is 4.59. The van der Waals surface area contributed by atoms with Gasteiger partial charge >= 0.3 is 0 Å². The van der Waals surface area contributed by atoms with Crippen LogP contribution >= 0.6 is 0 Å². The summed E-state index contributed by atoms with van der Waals surface area (Å²) >= 11 is 0. The highest BCUT2D eigenvalue weighted by molar-refractivity contribution is 5.17. The zero-order valence-electron chi connectivity index (χ0n) is 9.55. The van der Waals surface area contributed by atoms with Crippen LogP contribution in [0.3, 0.4) is 0 Å². The number of imidazole rings is 1. The summed E-state index contributed by atoms with van der Waals surface area (Å²) in [6, 6.07) is 0.513. The maximum Gasteiger partial charge on any atom is 0.111 e. The Morgan fingerprint density at radius 2 is 1.62 bits per heavy atom. The first-order valence-electron chi connectivity index (χ1n) is 5.00. The van der Waals surface area contributed by atoms with Crippen molar-refractivity contribution in [3.05, 3.63) is 17.2 Å². The van der Waals surface area contributed by atoms with Crippen molar-refractivity contribution in [3.8, 4) is 0 Å². The molecule has 13 heavy (non-hydrogen) atoms. The third-order valence-corrected chi connectivity index (χ3v) is 2.45. The predicted octanol–water partition coefficient (Wildman–Crippen LogP) is 3.20. The Kier molecular flexibility index (Phi) is 2.79. The second-order valence-corrected chi connectivity index (χ2v) is 4.26. The molecule has 0 N–H and O–H groups in total. The molecule has 0 aliphatic carbocycles. The minimum atomic E-state index is 0.509. The first-order valence-corrected chi connectivity index (χ1v) is 5.00.